The zero-order valence-electron chi connectivity index (χ0n) is 13.5. The highest BCUT2D eigenvalue weighted by Crippen LogP contribution is 2.30. The molecule has 1 heterocycles. The van der Waals surface area contributed by atoms with Gasteiger partial charge in [-0.15, -0.1) is 0 Å². The molecule has 0 bridgehead atoms. The summed E-state index contributed by atoms with van der Waals surface area (Å²) in [5.41, 5.74) is 7.08. The standard InChI is InChI=1S/C19H21BrN2O2/c1-19(21,14-7-9-15(20)10-8-14)18(23)22-16-11-12-24-17(16)13-5-3-2-4-6-13/h2-10,16-17H,11-12,21H2,1H3,(H,22,23). The van der Waals surface area contributed by atoms with Gasteiger partial charge in [-0.3, -0.25) is 4.79 Å². The van der Waals surface area contributed by atoms with E-state index in [-0.39, 0.29) is 18.1 Å². The summed E-state index contributed by atoms with van der Waals surface area (Å²) >= 11 is 3.40. The maximum Gasteiger partial charge on any atom is 0.244 e. The highest BCUT2D eigenvalue weighted by atomic mass is 79.9. The van der Waals surface area contributed by atoms with Crippen molar-refractivity contribution < 1.29 is 9.53 Å². The molecule has 1 aliphatic rings. The van der Waals surface area contributed by atoms with Gasteiger partial charge in [0.05, 0.1) is 6.04 Å². The van der Waals surface area contributed by atoms with Gasteiger partial charge in [-0.1, -0.05) is 58.4 Å². The minimum Gasteiger partial charge on any atom is -0.371 e. The van der Waals surface area contributed by atoms with E-state index in [2.05, 4.69) is 21.2 Å². The van der Waals surface area contributed by atoms with Gasteiger partial charge in [-0.2, -0.15) is 0 Å². The maximum absolute atomic E-state index is 12.8. The SMILES string of the molecule is CC(N)(C(=O)NC1CCOC1c1ccccc1)c1ccc(Br)cc1. The van der Waals surface area contributed by atoms with Crippen LogP contribution in [0, 0.1) is 0 Å². The Kier molecular flexibility index (Phi) is 5.04. The summed E-state index contributed by atoms with van der Waals surface area (Å²) in [5.74, 6) is -0.193. The Labute approximate surface area is 150 Å². The Balaban J connectivity index is 1.74. The third-order valence-electron chi connectivity index (χ3n) is 4.45. The van der Waals surface area contributed by atoms with Gasteiger partial charge >= 0.3 is 0 Å². The van der Waals surface area contributed by atoms with Crippen molar-refractivity contribution in [1.29, 1.82) is 0 Å². The summed E-state index contributed by atoms with van der Waals surface area (Å²) in [6.45, 7) is 2.36. The van der Waals surface area contributed by atoms with Crippen LogP contribution in [-0.4, -0.2) is 18.6 Å². The lowest BCUT2D eigenvalue weighted by molar-refractivity contribution is -0.127. The first kappa shape index (κ1) is 17.1. The van der Waals surface area contributed by atoms with E-state index in [0.29, 0.717) is 6.61 Å². The van der Waals surface area contributed by atoms with Crippen LogP contribution in [-0.2, 0) is 15.1 Å². The first-order valence-corrected chi connectivity index (χ1v) is 8.80. The predicted octanol–water partition coefficient (Wildman–Crippen LogP) is 3.27. The lowest BCUT2D eigenvalue weighted by Gasteiger charge is -2.28. The number of benzene rings is 2. The van der Waals surface area contributed by atoms with Gasteiger partial charge < -0.3 is 15.8 Å². The molecule has 0 spiro atoms. The highest BCUT2D eigenvalue weighted by Gasteiger charge is 2.36. The number of hydrogen-bond donors (Lipinski definition) is 2. The Bertz CT molecular complexity index is 701. The fourth-order valence-electron chi connectivity index (χ4n) is 2.95. The van der Waals surface area contributed by atoms with Crippen LogP contribution in [0.1, 0.15) is 30.6 Å². The molecule has 1 aliphatic heterocycles. The zero-order valence-corrected chi connectivity index (χ0v) is 15.1. The Hall–Kier alpha value is -1.69. The number of amides is 1. The molecule has 2 aromatic rings. The minimum absolute atomic E-state index is 0.0711. The average molecular weight is 389 g/mol. The third kappa shape index (κ3) is 3.53. The summed E-state index contributed by atoms with van der Waals surface area (Å²) in [4.78, 5) is 12.8. The number of nitrogens with one attached hydrogen (secondary N) is 1. The number of carbonyl (C=O) groups is 1. The fourth-order valence-corrected chi connectivity index (χ4v) is 3.22. The normalized spacial score (nSPS) is 22.8. The van der Waals surface area contributed by atoms with Crippen molar-refractivity contribution in [2.75, 3.05) is 6.61 Å². The van der Waals surface area contributed by atoms with E-state index in [4.69, 9.17) is 10.5 Å². The highest BCUT2D eigenvalue weighted by molar-refractivity contribution is 9.10. The van der Waals surface area contributed by atoms with E-state index in [9.17, 15) is 4.79 Å². The second-order valence-electron chi connectivity index (χ2n) is 6.28. The van der Waals surface area contributed by atoms with Crippen LogP contribution in [0.5, 0.6) is 0 Å². The minimum atomic E-state index is -1.09. The van der Waals surface area contributed by atoms with E-state index < -0.39 is 5.54 Å². The lowest BCUT2D eigenvalue weighted by Crippen LogP contribution is -2.52. The van der Waals surface area contributed by atoms with Crippen molar-refractivity contribution >= 4 is 21.8 Å². The predicted molar refractivity (Wildman–Crippen MR) is 97.4 cm³/mol. The zero-order chi connectivity index (χ0) is 17.2. The molecule has 4 nitrogen and oxygen atoms in total. The Morgan fingerprint density at radius 2 is 1.88 bits per heavy atom. The van der Waals surface area contributed by atoms with Crippen LogP contribution in [0.4, 0.5) is 0 Å². The molecule has 2 aromatic carbocycles. The van der Waals surface area contributed by atoms with E-state index >= 15 is 0 Å². The van der Waals surface area contributed by atoms with E-state index in [1.54, 1.807) is 6.92 Å². The monoisotopic (exact) mass is 388 g/mol. The van der Waals surface area contributed by atoms with Gasteiger partial charge in [0, 0.05) is 11.1 Å². The molecule has 3 unspecified atom stereocenters. The lowest BCUT2D eigenvalue weighted by atomic mass is 9.91. The van der Waals surface area contributed by atoms with Crippen LogP contribution in [0.3, 0.4) is 0 Å². The molecule has 0 radical (unpaired) electrons. The van der Waals surface area contributed by atoms with Gasteiger partial charge in [-0.05, 0) is 36.6 Å². The summed E-state index contributed by atoms with van der Waals surface area (Å²) in [6.07, 6.45) is 0.651. The van der Waals surface area contributed by atoms with E-state index in [0.717, 1.165) is 22.0 Å². The molecule has 3 rings (SSSR count). The molecule has 0 aromatic heterocycles. The molecule has 3 atom stereocenters. The summed E-state index contributed by atoms with van der Waals surface area (Å²) in [5, 5.41) is 3.08. The van der Waals surface area contributed by atoms with E-state index in [1.807, 2.05) is 54.6 Å². The fraction of sp³-hybridized carbons (Fsp3) is 0.316. The molecule has 5 heteroatoms. The molecular formula is C19H21BrN2O2. The van der Waals surface area contributed by atoms with Crippen molar-refractivity contribution in [1.82, 2.24) is 5.32 Å². The van der Waals surface area contributed by atoms with Gasteiger partial charge in [-0.25, -0.2) is 0 Å². The van der Waals surface area contributed by atoms with Crippen molar-refractivity contribution in [3.63, 3.8) is 0 Å². The van der Waals surface area contributed by atoms with Gasteiger partial charge in [0.25, 0.3) is 0 Å². The molecule has 126 valence electrons. The maximum atomic E-state index is 12.8. The quantitative estimate of drug-likeness (QED) is 0.844. The molecule has 0 saturated carbocycles. The van der Waals surface area contributed by atoms with Gasteiger partial charge in [0.2, 0.25) is 5.91 Å². The van der Waals surface area contributed by atoms with Crippen molar-refractivity contribution in [3.05, 3.63) is 70.2 Å². The number of carbonyl (C=O) groups excluding carboxylic acids is 1. The summed E-state index contributed by atoms with van der Waals surface area (Å²) in [7, 11) is 0. The second-order valence-corrected chi connectivity index (χ2v) is 7.20. The average Bonchev–Trinajstić information content (AvgIpc) is 3.04. The number of hydrogen-bond acceptors (Lipinski definition) is 3. The summed E-state index contributed by atoms with van der Waals surface area (Å²) in [6, 6.07) is 17.4. The topological polar surface area (TPSA) is 64.4 Å². The first-order chi connectivity index (χ1) is 11.5. The number of halogens is 1. The molecule has 0 aliphatic carbocycles. The van der Waals surface area contributed by atoms with Crippen LogP contribution in [0.15, 0.2) is 59.1 Å². The largest absolute Gasteiger partial charge is 0.371 e. The number of rotatable bonds is 4. The summed E-state index contributed by atoms with van der Waals surface area (Å²) < 4.78 is 6.78. The molecular weight excluding hydrogens is 368 g/mol. The first-order valence-electron chi connectivity index (χ1n) is 8.01. The van der Waals surface area contributed by atoms with Crippen molar-refractivity contribution in [2.45, 2.75) is 31.0 Å². The van der Waals surface area contributed by atoms with Gasteiger partial charge in [0.15, 0.2) is 0 Å². The molecule has 1 amide bonds. The van der Waals surface area contributed by atoms with Crippen LogP contribution >= 0.6 is 15.9 Å². The van der Waals surface area contributed by atoms with Crippen LogP contribution in [0.25, 0.3) is 0 Å². The van der Waals surface area contributed by atoms with Gasteiger partial charge in [0.1, 0.15) is 11.6 Å². The van der Waals surface area contributed by atoms with Crippen molar-refractivity contribution in [2.24, 2.45) is 5.73 Å². The van der Waals surface area contributed by atoms with Crippen LogP contribution < -0.4 is 11.1 Å². The number of nitrogens with two attached hydrogens (primary N) is 1. The third-order valence-corrected chi connectivity index (χ3v) is 4.98. The molecule has 24 heavy (non-hydrogen) atoms. The Morgan fingerprint density at radius 3 is 2.54 bits per heavy atom. The smallest absolute Gasteiger partial charge is 0.244 e. The van der Waals surface area contributed by atoms with E-state index in [1.165, 1.54) is 0 Å². The van der Waals surface area contributed by atoms with Crippen LogP contribution in [0.2, 0.25) is 0 Å². The van der Waals surface area contributed by atoms with Crippen molar-refractivity contribution in [3.8, 4) is 0 Å². The molecule has 1 fully saturated rings. The molecule has 1 saturated heterocycles. The number of ether oxygens (including phenoxy) is 1. The second kappa shape index (κ2) is 7.05. The molecule has 3 N–H and O–H groups in total. The Morgan fingerprint density at radius 1 is 1.21 bits per heavy atom.